The summed E-state index contributed by atoms with van der Waals surface area (Å²) in [7, 11) is 0. The van der Waals surface area contributed by atoms with E-state index in [4.69, 9.17) is 29.9 Å². The van der Waals surface area contributed by atoms with Gasteiger partial charge in [0.25, 0.3) is 5.91 Å². The molecule has 0 spiro atoms. The molecule has 186 valence electrons. The number of carbonyl (C=O) groups excluding carboxylic acids is 1. The number of ether oxygens (including phenoxy) is 2. The largest absolute Gasteiger partial charge is 0.490 e. The lowest BCUT2D eigenvalue weighted by Crippen LogP contribution is -2.29. The van der Waals surface area contributed by atoms with Gasteiger partial charge in [-0.25, -0.2) is 0 Å². The van der Waals surface area contributed by atoms with E-state index in [9.17, 15) is 9.59 Å². The van der Waals surface area contributed by atoms with Gasteiger partial charge in [0.2, 0.25) is 5.76 Å². The van der Waals surface area contributed by atoms with Crippen LogP contribution in [0.25, 0.3) is 11.0 Å². The van der Waals surface area contributed by atoms with Crippen molar-refractivity contribution in [2.24, 2.45) is 0 Å². The summed E-state index contributed by atoms with van der Waals surface area (Å²) >= 11 is 6.33. The minimum atomic E-state index is -0.710. The molecule has 0 bridgehead atoms. The van der Waals surface area contributed by atoms with E-state index in [-0.39, 0.29) is 29.2 Å². The lowest BCUT2D eigenvalue weighted by Gasteiger charge is -2.25. The number of hydrogen-bond donors (Lipinski definition) is 0. The van der Waals surface area contributed by atoms with Crippen LogP contribution < -0.4 is 14.9 Å². The Balaban J connectivity index is 1.71. The fourth-order valence-corrected chi connectivity index (χ4v) is 4.68. The highest BCUT2D eigenvalue weighted by atomic mass is 35.5. The summed E-state index contributed by atoms with van der Waals surface area (Å²) in [6.07, 6.45) is 2.40. The van der Waals surface area contributed by atoms with Gasteiger partial charge in [-0.3, -0.25) is 9.59 Å². The zero-order valence-electron chi connectivity index (χ0n) is 20.3. The van der Waals surface area contributed by atoms with Gasteiger partial charge in [0.05, 0.1) is 43.0 Å². The predicted molar refractivity (Wildman–Crippen MR) is 136 cm³/mol. The minimum Gasteiger partial charge on any atom is -0.490 e. The van der Waals surface area contributed by atoms with E-state index in [0.717, 1.165) is 12.0 Å². The van der Waals surface area contributed by atoms with Crippen LogP contribution in [0, 0.1) is 6.92 Å². The van der Waals surface area contributed by atoms with Gasteiger partial charge in [-0.15, -0.1) is 0 Å². The summed E-state index contributed by atoms with van der Waals surface area (Å²) in [5.41, 5.74) is 1.75. The van der Waals surface area contributed by atoms with Crippen molar-refractivity contribution in [1.82, 2.24) is 4.90 Å². The van der Waals surface area contributed by atoms with Crippen LogP contribution in [0.15, 0.2) is 62.4 Å². The van der Waals surface area contributed by atoms with Crippen LogP contribution in [-0.2, 0) is 6.54 Å². The maximum atomic E-state index is 13.8. The molecule has 0 saturated heterocycles. The molecule has 7 nitrogen and oxygen atoms in total. The molecule has 1 aliphatic rings. The molecule has 5 rings (SSSR count). The third-order valence-corrected chi connectivity index (χ3v) is 6.61. The molecule has 1 aliphatic heterocycles. The van der Waals surface area contributed by atoms with Crippen LogP contribution in [0.3, 0.4) is 0 Å². The molecule has 36 heavy (non-hydrogen) atoms. The molecule has 2 aromatic carbocycles. The van der Waals surface area contributed by atoms with Crippen molar-refractivity contribution in [2.75, 3.05) is 13.2 Å². The van der Waals surface area contributed by atoms with E-state index in [1.165, 1.54) is 0 Å². The molecule has 0 radical (unpaired) electrons. The van der Waals surface area contributed by atoms with Crippen LogP contribution in [0.4, 0.5) is 0 Å². The number of benzene rings is 2. The topological polar surface area (TPSA) is 82.1 Å². The van der Waals surface area contributed by atoms with E-state index in [1.807, 2.05) is 39.0 Å². The van der Waals surface area contributed by atoms with Crippen molar-refractivity contribution in [3.05, 3.63) is 92.2 Å². The average Bonchev–Trinajstić information content (AvgIpc) is 3.47. The maximum absolute atomic E-state index is 13.8. The summed E-state index contributed by atoms with van der Waals surface area (Å²) in [6.45, 7) is 6.88. The fraction of sp³-hybridized carbons (Fsp3) is 0.286. The summed E-state index contributed by atoms with van der Waals surface area (Å²) < 4.78 is 23.3. The first-order chi connectivity index (χ1) is 17.4. The molecular formula is C28H26ClNO6. The average molecular weight is 508 g/mol. The SMILES string of the molecule is CCCOc1ccc(C2c3c(oc4cc(C)c(Cl)cc4c3=O)C(=O)N2Cc2ccco2)cc1OCC. The molecule has 8 heteroatoms. The number of rotatable bonds is 8. The first-order valence-corrected chi connectivity index (χ1v) is 12.3. The maximum Gasteiger partial charge on any atom is 0.291 e. The molecule has 0 N–H and O–H groups in total. The van der Waals surface area contributed by atoms with Crippen LogP contribution >= 0.6 is 11.6 Å². The molecule has 3 heterocycles. The van der Waals surface area contributed by atoms with Crippen LogP contribution in [-0.4, -0.2) is 24.0 Å². The zero-order chi connectivity index (χ0) is 25.4. The van der Waals surface area contributed by atoms with Crippen LogP contribution in [0.5, 0.6) is 11.5 Å². The second kappa shape index (κ2) is 9.74. The quantitative estimate of drug-likeness (QED) is 0.279. The van der Waals surface area contributed by atoms with E-state index in [2.05, 4.69) is 0 Å². The van der Waals surface area contributed by atoms with E-state index >= 15 is 0 Å². The summed E-state index contributed by atoms with van der Waals surface area (Å²) in [6, 6.07) is 11.6. The molecule has 1 amide bonds. The van der Waals surface area contributed by atoms with Crippen molar-refractivity contribution in [3.63, 3.8) is 0 Å². The summed E-state index contributed by atoms with van der Waals surface area (Å²) in [5.74, 6) is 1.38. The van der Waals surface area contributed by atoms with Gasteiger partial charge < -0.3 is 23.2 Å². The number of amides is 1. The lowest BCUT2D eigenvalue weighted by molar-refractivity contribution is 0.0701. The second-order valence-electron chi connectivity index (χ2n) is 8.67. The van der Waals surface area contributed by atoms with Crippen molar-refractivity contribution in [3.8, 4) is 11.5 Å². The molecule has 1 unspecified atom stereocenters. The molecule has 1 atom stereocenters. The van der Waals surface area contributed by atoms with Gasteiger partial charge in [-0.1, -0.05) is 24.6 Å². The zero-order valence-corrected chi connectivity index (χ0v) is 21.1. The number of fused-ring (bicyclic) bond motifs is 2. The molecule has 0 aliphatic carbocycles. The van der Waals surface area contributed by atoms with Crippen molar-refractivity contribution >= 4 is 28.5 Å². The number of hydrogen-bond acceptors (Lipinski definition) is 6. The highest BCUT2D eigenvalue weighted by Crippen LogP contribution is 2.42. The van der Waals surface area contributed by atoms with Crippen LogP contribution in [0.1, 0.15) is 59.3 Å². The third-order valence-electron chi connectivity index (χ3n) is 6.20. The third kappa shape index (κ3) is 4.13. The molecule has 4 aromatic rings. The molecular weight excluding hydrogens is 482 g/mol. The lowest BCUT2D eigenvalue weighted by atomic mass is 9.97. The fourth-order valence-electron chi connectivity index (χ4n) is 4.52. The Morgan fingerprint density at radius 1 is 1.06 bits per heavy atom. The van der Waals surface area contributed by atoms with E-state index in [0.29, 0.717) is 52.0 Å². The van der Waals surface area contributed by atoms with E-state index in [1.54, 1.807) is 35.4 Å². The summed E-state index contributed by atoms with van der Waals surface area (Å²) in [4.78, 5) is 29.0. The molecule has 0 saturated carbocycles. The van der Waals surface area contributed by atoms with Gasteiger partial charge in [0, 0.05) is 5.02 Å². The van der Waals surface area contributed by atoms with Gasteiger partial charge in [0.15, 0.2) is 16.9 Å². The first kappa shape index (κ1) is 24.0. The van der Waals surface area contributed by atoms with Gasteiger partial charge in [-0.05, 0) is 67.8 Å². The van der Waals surface area contributed by atoms with E-state index < -0.39 is 6.04 Å². The Hall–Kier alpha value is -3.71. The smallest absolute Gasteiger partial charge is 0.291 e. The second-order valence-corrected chi connectivity index (χ2v) is 9.08. The summed E-state index contributed by atoms with van der Waals surface area (Å²) in [5, 5.41) is 0.786. The van der Waals surface area contributed by atoms with Gasteiger partial charge in [0.1, 0.15) is 11.3 Å². The number of furan rings is 1. The van der Waals surface area contributed by atoms with Crippen molar-refractivity contribution in [1.29, 1.82) is 0 Å². The number of halogens is 1. The Bertz CT molecular complexity index is 1490. The number of carbonyl (C=O) groups is 1. The van der Waals surface area contributed by atoms with Gasteiger partial charge in [-0.2, -0.15) is 0 Å². The number of aryl methyl sites for hydroxylation is 1. The monoisotopic (exact) mass is 507 g/mol. The van der Waals surface area contributed by atoms with Crippen molar-refractivity contribution < 1.29 is 23.1 Å². The Labute approximate surface area is 213 Å². The highest BCUT2D eigenvalue weighted by Gasteiger charge is 2.43. The van der Waals surface area contributed by atoms with Gasteiger partial charge >= 0.3 is 0 Å². The predicted octanol–water partition coefficient (Wildman–Crippen LogP) is 6.28. The number of nitrogens with zero attached hydrogens (tertiary/aromatic N) is 1. The standard InChI is InChI=1S/C28H26ClNO6/c1-4-10-35-21-9-8-17(13-23(21)33-5-2)25-24-26(31)19-14-20(29)16(3)12-22(19)36-27(24)28(32)30(25)15-18-7-6-11-34-18/h6-9,11-14,25H,4-5,10,15H2,1-3H3. The molecule has 0 fully saturated rings. The highest BCUT2D eigenvalue weighted by molar-refractivity contribution is 6.32. The first-order valence-electron chi connectivity index (χ1n) is 11.9. The Morgan fingerprint density at radius 2 is 1.89 bits per heavy atom. The molecule has 2 aromatic heterocycles. The van der Waals surface area contributed by atoms with Crippen molar-refractivity contribution in [2.45, 2.75) is 39.8 Å². The van der Waals surface area contributed by atoms with Crippen LogP contribution in [0.2, 0.25) is 5.02 Å². The minimum absolute atomic E-state index is 0.0232. The Kier molecular flexibility index (Phi) is 6.49. The Morgan fingerprint density at radius 3 is 2.61 bits per heavy atom. The normalized spacial score (nSPS) is 14.9.